The Bertz CT molecular complexity index is 583. The van der Waals surface area contributed by atoms with E-state index in [-0.39, 0.29) is 31.6 Å². The van der Waals surface area contributed by atoms with Gasteiger partial charge in [0.15, 0.2) is 18.1 Å². The molecule has 6 heteroatoms. The average Bonchev–Trinajstić information content (AvgIpc) is 2.68. The van der Waals surface area contributed by atoms with E-state index in [1.54, 1.807) is 19.2 Å². The lowest BCUT2D eigenvalue weighted by Crippen LogP contribution is -2.43. The second-order valence-corrected chi connectivity index (χ2v) is 6.38. The standard InChI is InChI=1S/C20H29NO5/c1-3-21(16-9-5-4-6-10-16)19(22)15-26-20(23)13-14-25-18-12-8-7-11-17(18)24-2/h7-8,11-12,16H,3-6,9-10,13-15H2,1-2H3. The molecule has 0 aromatic heterocycles. The summed E-state index contributed by atoms with van der Waals surface area (Å²) < 4.78 is 15.9. The Balaban J connectivity index is 1.71. The van der Waals surface area contributed by atoms with E-state index in [9.17, 15) is 9.59 Å². The van der Waals surface area contributed by atoms with Gasteiger partial charge in [0.05, 0.1) is 20.1 Å². The summed E-state index contributed by atoms with van der Waals surface area (Å²) in [6, 6.07) is 7.53. The fourth-order valence-corrected chi connectivity index (χ4v) is 3.31. The third kappa shape index (κ3) is 5.93. The van der Waals surface area contributed by atoms with E-state index in [1.165, 1.54) is 6.42 Å². The predicted molar refractivity (Wildman–Crippen MR) is 98.3 cm³/mol. The first-order valence-electron chi connectivity index (χ1n) is 9.36. The number of hydrogen-bond donors (Lipinski definition) is 0. The van der Waals surface area contributed by atoms with Gasteiger partial charge >= 0.3 is 5.97 Å². The van der Waals surface area contributed by atoms with Crippen LogP contribution in [0.5, 0.6) is 11.5 Å². The van der Waals surface area contributed by atoms with Crippen LogP contribution in [-0.2, 0) is 14.3 Å². The Morgan fingerprint density at radius 1 is 1.12 bits per heavy atom. The Labute approximate surface area is 155 Å². The molecule has 6 nitrogen and oxygen atoms in total. The second kappa shape index (κ2) is 10.7. The summed E-state index contributed by atoms with van der Waals surface area (Å²) in [6.45, 7) is 2.60. The molecule has 144 valence electrons. The molecular weight excluding hydrogens is 334 g/mol. The molecule has 1 aliphatic carbocycles. The zero-order chi connectivity index (χ0) is 18.8. The number of rotatable bonds is 9. The van der Waals surface area contributed by atoms with Crippen LogP contribution < -0.4 is 9.47 Å². The largest absolute Gasteiger partial charge is 0.493 e. The van der Waals surface area contributed by atoms with Gasteiger partial charge in [-0.05, 0) is 31.9 Å². The average molecular weight is 363 g/mol. The first-order chi connectivity index (χ1) is 12.7. The van der Waals surface area contributed by atoms with Crippen LogP contribution in [0.3, 0.4) is 0 Å². The molecule has 1 aliphatic rings. The zero-order valence-corrected chi connectivity index (χ0v) is 15.7. The zero-order valence-electron chi connectivity index (χ0n) is 15.7. The molecule has 0 N–H and O–H groups in total. The van der Waals surface area contributed by atoms with E-state index < -0.39 is 5.97 Å². The molecule has 1 aromatic rings. The Kier molecular flexibility index (Phi) is 8.25. The number of para-hydroxylation sites is 2. The van der Waals surface area contributed by atoms with E-state index in [0.29, 0.717) is 18.0 Å². The predicted octanol–water partition coefficient (Wildman–Crippen LogP) is 3.19. The molecule has 0 saturated heterocycles. The van der Waals surface area contributed by atoms with Crippen molar-refractivity contribution in [3.63, 3.8) is 0 Å². The highest BCUT2D eigenvalue weighted by molar-refractivity contribution is 5.81. The van der Waals surface area contributed by atoms with Gasteiger partial charge in [-0.2, -0.15) is 0 Å². The lowest BCUT2D eigenvalue weighted by Gasteiger charge is -2.33. The van der Waals surface area contributed by atoms with E-state index in [2.05, 4.69) is 0 Å². The summed E-state index contributed by atoms with van der Waals surface area (Å²) in [5, 5.41) is 0. The lowest BCUT2D eigenvalue weighted by atomic mass is 9.94. The fraction of sp³-hybridized carbons (Fsp3) is 0.600. The molecule has 1 aromatic carbocycles. The van der Waals surface area contributed by atoms with Gasteiger partial charge in [0.1, 0.15) is 0 Å². The highest BCUT2D eigenvalue weighted by atomic mass is 16.5. The van der Waals surface area contributed by atoms with Crippen LogP contribution in [-0.4, -0.2) is 49.7 Å². The van der Waals surface area contributed by atoms with Gasteiger partial charge in [0.2, 0.25) is 0 Å². The lowest BCUT2D eigenvalue weighted by molar-refractivity contribution is -0.153. The van der Waals surface area contributed by atoms with Crippen LogP contribution in [0.25, 0.3) is 0 Å². The van der Waals surface area contributed by atoms with E-state index in [1.807, 2.05) is 24.0 Å². The molecule has 0 spiro atoms. The number of nitrogens with zero attached hydrogens (tertiary/aromatic N) is 1. The van der Waals surface area contributed by atoms with E-state index in [0.717, 1.165) is 25.7 Å². The first kappa shape index (κ1) is 20.1. The fourth-order valence-electron chi connectivity index (χ4n) is 3.31. The molecule has 0 bridgehead atoms. The number of hydrogen-bond acceptors (Lipinski definition) is 5. The van der Waals surface area contributed by atoms with Crippen molar-refractivity contribution in [1.82, 2.24) is 4.90 Å². The number of benzene rings is 1. The minimum Gasteiger partial charge on any atom is -0.493 e. The van der Waals surface area contributed by atoms with E-state index >= 15 is 0 Å². The van der Waals surface area contributed by atoms with Gasteiger partial charge in [0, 0.05) is 12.6 Å². The van der Waals surface area contributed by atoms with Crippen molar-refractivity contribution in [2.24, 2.45) is 0 Å². The first-order valence-corrected chi connectivity index (χ1v) is 9.36. The van der Waals surface area contributed by atoms with Crippen LogP contribution in [0.1, 0.15) is 45.4 Å². The van der Waals surface area contributed by atoms with Crippen molar-refractivity contribution >= 4 is 11.9 Å². The minimum absolute atomic E-state index is 0.0842. The number of methoxy groups -OCH3 is 1. The molecule has 2 rings (SSSR count). The maximum absolute atomic E-state index is 12.4. The van der Waals surface area contributed by atoms with Crippen LogP contribution in [0.2, 0.25) is 0 Å². The third-order valence-electron chi connectivity index (χ3n) is 4.67. The minimum atomic E-state index is -0.437. The van der Waals surface area contributed by atoms with Crippen molar-refractivity contribution in [2.45, 2.75) is 51.5 Å². The van der Waals surface area contributed by atoms with Gasteiger partial charge < -0.3 is 19.1 Å². The van der Waals surface area contributed by atoms with Crippen molar-refractivity contribution in [2.75, 3.05) is 26.9 Å². The quantitative estimate of drug-likeness (QED) is 0.631. The normalized spacial score (nSPS) is 14.5. The number of esters is 1. The molecule has 0 aliphatic heterocycles. The molecule has 0 heterocycles. The molecule has 0 radical (unpaired) electrons. The van der Waals surface area contributed by atoms with Crippen molar-refractivity contribution in [3.05, 3.63) is 24.3 Å². The van der Waals surface area contributed by atoms with Crippen LogP contribution in [0.4, 0.5) is 0 Å². The summed E-state index contributed by atoms with van der Waals surface area (Å²) >= 11 is 0. The maximum Gasteiger partial charge on any atom is 0.309 e. The summed E-state index contributed by atoms with van der Waals surface area (Å²) in [7, 11) is 1.56. The van der Waals surface area contributed by atoms with Crippen LogP contribution >= 0.6 is 0 Å². The smallest absolute Gasteiger partial charge is 0.309 e. The molecular formula is C20H29NO5. The molecule has 26 heavy (non-hydrogen) atoms. The summed E-state index contributed by atoms with van der Waals surface area (Å²) in [5.41, 5.74) is 0. The summed E-state index contributed by atoms with van der Waals surface area (Å²) in [6.07, 6.45) is 5.73. The molecule has 1 fully saturated rings. The van der Waals surface area contributed by atoms with Gasteiger partial charge in [-0.25, -0.2) is 0 Å². The second-order valence-electron chi connectivity index (χ2n) is 6.38. The maximum atomic E-state index is 12.4. The Morgan fingerprint density at radius 2 is 1.81 bits per heavy atom. The van der Waals surface area contributed by atoms with Crippen molar-refractivity contribution in [1.29, 1.82) is 0 Å². The monoisotopic (exact) mass is 363 g/mol. The third-order valence-corrected chi connectivity index (χ3v) is 4.67. The number of ether oxygens (including phenoxy) is 3. The molecule has 1 saturated carbocycles. The number of amides is 1. The highest BCUT2D eigenvalue weighted by Crippen LogP contribution is 2.26. The molecule has 0 unspecified atom stereocenters. The Morgan fingerprint density at radius 3 is 2.46 bits per heavy atom. The number of likely N-dealkylation sites (N-methyl/N-ethyl adjacent to an activating group) is 1. The number of carbonyl (C=O) groups is 2. The van der Waals surface area contributed by atoms with Gasteiger partial charge in [-0.15, -0.1) is 0 Å². The molecule has 1 amide bonds. The SMILES string of the molecule is CCN(C(=O)COC(=O)CCOc1ccccc1OC)C1CCCCC1. The van der Waals surface area contributed by atoms with E-state index in [4.69, 9.17) is 14.2 Å². The van der Waals surface area contributed by atoms with Crippen LogP contribution in [0.15, 0.2) is 24.3 Å². The van der Waals surface area contributed by atoms with Gasteiger partial charge in [0.25, 0.3) is 5.91 Å². The van der Waals surface area contributed by atoms with Crippen LogP contribution in [0, 0.1) is 0 Å². The van der Waals surface area contributed by atoms with Crippen molar-refractivity contribution < 1.29 is 23.8 Å². The van der Waals surface area contributed by atoms with Gasteiger partial charge in [-0.3, -0.25) is 9.59 Å². The number of carbonyl (C=O) groups excluding carboxylic acids is 2. The summed E-state index contributed by atoms with van der Waals surface area (Å²) in [5.74, 6) is 0.641. The summed E-state index contributed by atoms with van der Waals surface area (Å²) in [4.78, 5) is 26.1. The van der Waals surface area contributed by atoms with Crippen molar-refractivity contribution in [3.8, 4) is 11.5 Å². The topological polar surface area (TPSA) is 65.1 Å². The van der Waals surface area contributed by atoms with Gasteiger partial charge in [-0.1, -0.05) is 31.4 Å². The molecule has 0 atom stereocenters. The highest BCUT2D eigenvalue weighted by Gasteiger charge is 2.24. The Hall–Kier alpha value is -2.24.